The molecule has 0 aliphatic carbocycles. The van der Waals surface area contributed by atoms with E-state index in [2.05, 4.69) is 38.0 Å². The van der Waals surface area contributed by atoms with Crippen molar-refractivity contribution in [1.82, 2.24) is 10.3 Å². The van der Waals surface area contributed by atoms with E-state index in [4.69, 9.17) is 14.2 Å². The van der Waals surface area contributed by atoms with Gasteiger partial charge in [-0.15, -0.1) is 0 Å². The summed E-state index contributed by atoms with van der Waals surface area (Å²) in [6.07, 6.45) is 7.72. The molecule has 0 spiro atoms. The number of aromatic hydroxyl groups is 1. The SMILES string of the molecule is CCC[C@H]1CCCC[C@H](NC(=O)c2nccc(OC)c2O)CO[C@@H](C)[C@@H]1OCC(C)C. The summed E-state index contributed by atoms with van der Waals surface area (Å²) in [5.74, 6) is 0.512. The third-order valence-corrected chi connectivity index (χ3v) is 5.80. The van der Waals surface area contributed by atoms with Crippen molar-refractivity contribution in [2.75, 3.05) is 20.3 Å². The van der Waals surface area contributed by atoms with Crippen LogP contribution in [0.15, 0.2) is 12.3 Å². The molecule has 1 aliphatic heterocycles. The van der Waals surface area contributed by atoms with E-state index in [1.165, 1.54) is 19.4 Å². The summed E-state index contributed by atoms with van der Waals surface area (Å²) >= 11 is 0. The topological polar surface area (TPSA) is 89.9 Å². The number of methoxy groups -OCH3 is 1. The molecule has 1 aliphatic rings. The van der Waals surface area contributed by atoms with Crippen LogP contribution in [0.5, 0.6) is 11.5 Å². The second-order valence-corrected chi connectivity index (χ2v) is 8.94. The summed E-state index contributed by atoms with van der Waals surface area (Å²) in [5.41, 5.74) is -0.0364. The van der Waals surface area contributed by atoms with Gasteiger partial charge >= 0.3 is 0 Å². The first-order valence-corrected chi connectivity index (χ1v) is 11.6. The van der Waals surface area contributed by atoms with Crippen molar-refractivity contribution < 1.29 is 24.1 Å². The smallest absolute Gasteiger partial charge is 0.274 e. The maximum absolute atomic E-state index is 12.7. The molecule has 1 saturated heterocycles. The summed E-state index contributed by atoms with van der Waals surface area (Å²) in [4.78, 5) is 16.8. The van der Waals surface area contributed by atoms with Crippen LogP contribution in [0, 0.1) is 11.8 Å². The largest absolute Gasteiger partial charge is 0.503 e. The Kier molecular flexibility index (Phi) is 10.5. The first-order valence-electron chi connectivity index (χ1n) is 11.6. The Labute approximate surface area is 186 Å². The Morgan fingerprint density at radius 3 is 2.77 bits per heavy atom. The van der Waals surface area contributed by atoms with E-state index in [1.807, 2.05) is 0 Å². The van der Waals surface area contributed by atoms with E-state index in [1.54, 1.807) is 0 Å². The Balaban J connectivity index is 2.06. The summed E-state index contributed by atoms with van der Waals surface area (Å²) in [6, 6.07) is 1.36. The molecule has 0 aromatic carbocycles. The highest BCUT2D eigenvalue weighted by Gasteiger charge is 2.30. The quantitative estimate of drug-likeness (QED) is 0.630. The first kappa shape index (κ1) is 25.4. The van der Waals surface area contributed by atoms with Gasteiger partial charge in [0, 0.05) is 18.9 Å². The number of amides is 1. The second kappa shape index (κ2) is 12.9. The lowest BCUT2D eigenvalue weighted by Gasteiger charge is -2.34. The predicted octanol–water partition coefficient (Wildman–Crippen LogP) is 4.33. The third-order valence-electron chi connectivity index (χ3n) is 5.80. The zero-order valence-corrected chi connectivity index (χ0v) is 19.7. The van der Waals surface area contributed by atoms with Crippen molar-refractivity contribution >= 4 is 5.91 Å². The molecule has 7 nitrogen and oxygen atoms in total. The zero-order chi connectivity index (χ0) is 22.8. The van der Waals surface area contributed by atoms with Gasteiger partial charge in [-0.05, 0) is 38.0 Å². The number of ether oxygens (including phenoxy) is 3. The average Bonchev–Trinajstić information content (AvgIpc) is 2.74. The van der Waals surface area contributed by atoms with Gasteiger partial charge in [0.2, 0.25) is 0 Å². The molecule has 2 heterocycles. The Bertz CT molecular complexity index is 682. The summed E-state index contributed by atoms with van der Waals surface area (Å²) in [7, 11) is 1.44. The van der Waals surface area contributed by atoms with Crippen LogP contribution in [0.3, 0.4) is 0 Å². The fourth-order valence-electron chi connectivity index (χ4n) is 4.18. The van der Waals surface area contributed by atoms with Crippen LogP contribution in [0.2, 0.25) is 0 Å². The van der Waals surface area contributed by atoms with Crippen molar-refractivity contribution in [2.24, 2.45) is 11.8 Å². The number of pyridine rings is 1. The lowest BCUT2D eigenvalue weighted by Crippen LogP contribution is -2.43. The van der Waals surface area contributed by atoms with Crippen molar-refractivity contribution in [1.29, 1.82) is 0 Å². The van der Waals surface area contributed by atoms with E-state index in [-0.39, 0.29) is 35.4 Å². The van der Waals surface area contributed by atoms with Gasteiger partial charge in [-0.1, -0.05) is 40.0 Å². The fraction of sp³-hybridized carbons (Fsp3) is 0.750. The molecular formula is C24H40N2O5. The Hall–Kier alpha value is -1.86. The van der Waals surface area contributed by atoms with Crippen LogP contribution < -0.4 is 10.1 Å². The molecule has 176 valence electrons. The lowest BCUT2D eigenvalue weighted by molar-refractivity contribution is -0.105. The van der Waals surface area contributed by atoms with E-state index in [0.717, 1.165) is 45.1 Å². The lowest BCUT2D eigenvalue weighted by atomic mass is 9.87. The maximum Gasteiger partial charge on any atom is 0.274 e. The molecule has 2 rings (SSSR count). The first-order chi connectivity index (χ1) is 14.9. The standard InChI is InChI=1S/C24H40N2O5/c1-6-9-18-10-7-8-11-19(15-30-17(4)23(18)31-14-16(2)3)26-24(28)21-22(27)20(29-5)12-13-25-21/h12-13,16-19,23,27H,6-11,14-15H2,1-5H3,(H,26,28)/t17-,18-,19-,23-/m0/s1. The number of rotatable bonds is 8. The highest BCUT2D eigenvalue weighted by molar-refractivity contribution is 5.95. The minimum absolute atomic E-state index is 0.0364. The van der Waals surface area contributed by atoms with E-state index >= 15 is 0 Å². The molecular weight excluding hydrogens is 396 g/mol. The Morgan fingerprint density at radius 1 is 1.35 bits per heavy atom. The van der Waals surface area contributed by atoms with Crippen molar-refractivity contribution in [3.63, 3.8) is 0 Å². The van der Waals surface area contributed by atoms with Gasteiger partial charge in [-0.2, -0.15) is 0 Å². The number of aromatic nitrogens is 1. The summed E-state index contributed by atoms with van der Waals surface area (Å²) < 4.78 is 17.6. The Morgan fingerprint density at radius 2 is 2.10 bits per heavy atom. The molecule has 31 heavy (non-hydrogen) atoms. The number of carbonyl (C=O) groups excluding carboxylic acids is 1. The number of nitrogens with zero attached hydrogens (tertiary/aromatic N) is 1. The molecule has 1 aromatic rings. The summed E-state index contributed by atoms with van der Waals surface area (Å²) in [5, 5.41) is 13.2. The van der Waals surface area contributed by atoms with E-state index < -0.39 is 5.91 Å². The molecule has 4 atom stereocenters. The molecule has 1 amide bonds. The van der Waals surface area contributed by atoms with Crippen LogP contribution in [-0.4, -0.2) is 54.6 Å². The van der Waals surface area contributed by atoms with Gasteiger partial charge in [0.15, 0.2) is 17.2 Å². The van der Waals surface area contributed by atoms with Crippen LogP contribution in [0.4, 0.5) is 0 Å². The van der Waals surface area contributed by atoms with E-state index in [0.29, 0.717) is 18.4 Å². The molecule has 1 fully saturated rings. The van der Waals surface area contributed by atoms with Gasteiger partial charge < -0.3 is 24.6 Å². The van der Waals surface area contributed by atoms with Crippen LogP contribution >= 0.6 is 0 Å². The molecule has 0 bridgehead atoms. The zero-order valence-electron chi connectivity index (χ0n) is 19.7. The van der Waals surface area contributed by atoms with Gasteiger partial charge in [0.05, 0.1) is 32.0 Å². The summed E-state index contributed by atoms with van der Waals surface area (Å²) in [6.45, 7) is 9.74. The predicted molar refractivity (Wildman–Crippen MR) is 121 cm³/mol. The van der Waals surface area contributed by atoms with Crippen LogP contribution in [0.1, 0.15) is 76.7 Å². The van der Waals surface area contributed by atoms with Gasteiger partial charge in [0.1, 0.15) is 0 Å². The number of carbonyl (C=O) groups is 1. The normalized spacial score (nSPS) is 25.2. The average molecular weight is 437 g/mol. The number of nitrogens with one attached hydrogen (secondary N) is 1. The van der Waals surface area contributed by atoms with Crippen LogP contribution in [-0.2, 0) is 9.47 Å². The van der Waals surface area contributed by atoms with E-state index in [9.17, 15) is 9.90 Å². The number of hydrogen-bond donors (Lipinski definition) is 2. The minimum atomic E-state index is -0.425. The molecule has 7 heteroatoms. The number of hydrogen-bond acceptors (Lipinski definition) is 6. The van der Waals surface area contributed by atoms with Crippen molar-refractivity contribution in [3.05, 3.63) is 18.0 Å². The van der Waals surface area contributed by atoms with Gasteiger partial charge in [-0.3, -0.25) is 4.79 Å². The molecule has 1 aromatic heterocycles. The van der Waals surface area contributed by atoms with Crippen LogP contribution in [0.25, 0.3) is 0 Å². The fourth-order valence-corrected chi connectivity index (χ4v) is 4.18. The molecule has 0 unspecified atom stereocenters. The second-order valence-electron chi connectivity index (χ2n) is 8.94. The highest BCUT2D eigenvalue weighted by atomic mass is 16.5. The van der Waals surface area contributed by atoms with Gasteiger partial charge in [-0.25, -0.2) is 4.98 Å². The van der Waals surface area contributed by atoms with Crippen molar-refractivity contribution in [2.45, 2.75) is 84.5 Å². The third kappa shape index (κ3) is 7.65. The van der Waals surface area contributed by atoms with Crippen molar-refractivity contribution in [3.8, 4) is 11.5 Å². The molecule has 2 N–H and O–H groups in total. The molecule has 0 saturated carbocycles. The molecule has 0 radical (unpaired) electrons. The van der Waals surface area contributed by atoms with Gasteiger partial charge in [0.25, 0.3) is 5.91 Å². The minimum Gasteiger partial charge on any atom is -0.503 e. The monoisotopic (exact) mass is 436 g/mol. The maximum atomic E-state index is 12.7. The highest BCUT2D eigenvalue weighted by Crippen LogP contribution is 2.29.